The highest BCUT2D eigenvalue weighted by molar-refractivity contribution is 5.77. The molecule has 0 aliphatic carbocycles. The van der Waals surface area contributed by atoms with E-state index in [1.54, 1.807) is 13.2 Å². The molecule has 1 fully saturated rings. The zero-order valence-corrected chi connectivity index (χ0v) is 16.9. The monoisotopic (exact) mass is 421 g/mol. The van der Waals surface area contributed by atoms with E-state index in [-0.39, 0.29) is 24.2 Å². The number of aromatic nitrogens is 1. The van der Waals surface area contributed by atoms with Crippen LogP contribution in [0.25, 0.3) is 0 Å². The van der Waals surface area contributed by atoms with Crippen LogP contribution in [0.1, 0.15) is 25.5 Å². The first-order valence-corrected chi connectivity index (χ1v) is 9.71. The molecule has 1 N–H and O–H groups in total. The minimum Gasteiger partial charge on any atom is -0.497 e. The van der Waals surface area contributed by atoms with Gasteiger partial charge in [0.2, 0.25) is 5.91 Å². The number of hydrogen-bond donors (Lipinski definition) is 1. The van der Waals surface area contributed by atoms with Crippen LogP contribution in [0.2, 0.25) is 0 Å². The van der Waals surface area contributed by atoms with Crippen LogP contribution < -0.4 is 19.7 Å². The smallest absolute Gasteiger partial charge is 0.280 e. The Labute approximate surface area is 173 Å². The molecule has 9 heteroatoms. The summed E-state index contributed by atoms with van der Waals surface area (Å²) < 4.78 is 41.6. The lowest BCUT2D eigenvalue weighted by molar-refractivity contribution is -0.126. The van der Waals surface area contributed by atoms with Crippen molar-refractivity contribution in [2.45, 2.75) is 25.8 Å². The quantitative estimate of drug-likeness (QED) is 0.668. The van der Waals surface area contributed by atoms with Crippen LogP contribution in [0, 0.1) is 0 Å². The fourth-order valence-electron chi connectivity index (χ4n) is 3.21. The maximum atomic E-state index is 12.7. The Morgan fingerprint density at radius 2 is 2.07 bits per heavy atom. The first kappa shape index (κ1) is 21.8. The number of pyridine rings is 1. The van der Waals surface area contributed by atoms with Crippen molar-refractivity contribution in [2.24, 2.45) is 0 Å². The molecule has 7 nitrogen and oxygen atoms in total. The van der Waals surface area contributed by atoms with E-state index >= 15 is 0 Å². The van der Waals surface area contributed by atoms with E-state index in [0.717, 1.165) is 18.7 Å². The summed E-state index contributed by atoms with van der Waals surface area (Å²) in [6.45, 7) is 3.81. The lowest BCUT2D eigenvalue weighted by atomic mass is 10.2. The zero-order chi connectivity index (χ0) is 21.5. The van der Waals surface area contributed by atoms with Crippen molar-refractivity contribution >= 4 is 11.6 Å². The molecule has 0 radical (unpaired) electrons. The number of alkyl halides is 2. The Kier molecular flexibility index (Phi) is 7.40. The average Bonchev–Trinajstić information content (AvgIpc) is 3.20. The van der Waals surface area contributed by atoms with Crippen LogP contribution in [-0.2, 0) is 9.53 Å². The van der Waals surface area contributed by atoms with Gasteiger partial charge in [-0.25, -0.2) is 8.78 Å². The number of methoxy groups -OCH3 is 1. The Morgan fingerprint density at radius 3 is 2.73 bits per heavy atom. The maximum Gasteiger partial charge on any atom is 0.280 e. The molecule has 1 amide bonds. The summed E-state index contributed by atoms with van der Waals surface area (Å²) in [5.41, 5.74) is 0.575. The van der Waals surface area contributed by atoms with Crippen molar-refractivity contribution in [3.63, 3.8) is 0 Å². The minimum atomic E-state index is -2.63. The fraction of sp³-hybridized carbons (Fsp3) is 0.429. The molecule has 2 aromatic rings. The molecule has 2 heterocycles. The van der Waals surface area contributed by atoms with Crippen molar-refractivity contribution in [2.75, 3.05) is 38.3 Å². The number of rotatable bonds is 9. The number of anilines is 1. The summed E-state index contributed by atoms with van der Waals surface area (Å²) in [6, 6.07) is 8.15. The van der Waals surface area contributed by atoms with Gasteiger partial charge in [-0.2, -0.15) is 0 Å². The Balaban J connectivity index is 1.68. The lowest BCUT2D eigenvalue weighted by Crippen LogP contribution is -2.39. The molecule has 1 aliphatic heterocycles. The first-order chi connectivity index (χ1) is 14.5. The second-order valence-electron chi connectivity index (χ2n) is 6.82. The molecule has 1 aliphatic rings. The molecule has 0 spiro atoms. The number of benzene rings is 1. The lowest BCUT2D eigenvalue weighted by Gasteiger charge is -2.21. The highest BCUT2D eigenvalue weighted by Gasteiger charge is 2.25. The molecule has 3 rings (SSSR count). The van der Waals surface area contributed by atoms with Gasteiger partial charge in [0.1, 0.15) is 29.5 Å². The second-order valence-corrected chi connectivity index (χ2v) is 6.82. The summed E-state index contributed by atoms with van der Waals surface area (Å²) in [4.78, 5) is 17.7. The van der Waals surface area contributed by atoms with E-state index in [9.17, 15) is 13.6 Å². The predicted molar refractivity (Wildman–Crippen MR) is 108 cm³/mol. The molecule has 0 bridgehead atoms. The highest BCUT2D eigenvalue weighted by Crippen LogP contribution is 2.33. The minimum absolute atomic E-state index is 0.0274. The van der Waals surface area contributed by atoms with Crippen LogP contribution in [0.4, 0.5) is 14.5 Å². The fourth-order valence-corrected chi connectivity index (χ4v) is 3.21. The molecular formula is C21H25F2N3O4. The molecular weight excluding hydrogens is 396 g/mol. The zero-order valence-electron chi connectivity index (χ0n) is 16.9. The second kappa shape index (κ2) is 10.2. The third-order valence-electron chi connectivity index (χ3n) is 4.67. The molecule has 0 unspecified atom stereocenters. The first-order valence-electron chi connectivity index (χ1n) is 9.71. The third kappa shape index (κ3) is 5.79. The Bertz CT molecular complexity index is 849. The molecule has 162 valence electrons. The normalized spacial score (nSPS) is 16.0. The summed E-state index contributed by atoms with van der Waals surface area (Å²) in [7, 11) is 1.56. The van der Waals surface area contributed by atoms with E-state index in [4.69, 9.17) is 14.2 Å². The number of hydrogen-bond acceptors (Lipinski definition) is 6. The largest absolute Gasteiger partial charge is 0.497 e. The summed E-state index contributed by atoms with van der Waals surface area (Å²) in [6.07, 6.45) is -0.551. The van der Waals surface area contributed by atoms with Crippen LogP contribution in [-0.4, -0.2) is 50.3 Å². The molecule has 1 aromatic carbocycles. The molecule has 0 saturated carbocycles. The van der Waals surface area contributed by atoms with Gasteiger partial charge in [0.15, 0.2) is 0 Å². The molecule has 30 heavy (non-hydrogen) atoms. The van der Waals surface area contributed by atoms with Crippen molar-refractivity contribution in [1.82, 2.24) is 10.3 Å². The van der Waals surface area contributed by atoms with Crippen LogP contribution in [0.5, 0.6) is 17.2 Å². The van der Waals surface area contributed by atoms with E-state index in [0.29, 0.717) is 30.4 Å². The maximum absolute atomic E-state index is 12.7. The number of carbonyl (C=O) groups is 1. The van der Waals surface area contributed by atoms with Gasteiger partial charge in [-0.15, -0.1) is 0 Å². The standard InChI is InChI=1S/C21H25F2N3O4/c1-3-29-13-20(27)25-14-6-7-26(12-14)15-8-17(28-2)10-18(9-15)30-16-4-5-19(21(22)23)24-11-16/h4-5,8-11,14,21H,3,6-7,12-13H2,1-2H3,(H,25,27)/t14-/m0/s1. The number of carbonyl (C=O) groups excluding carboxylic acids is 1. The summed E-state index contributed by atoms with van der Waals surface area (Å²) in [5.74, 6) is 1.32. The van der Waals surface area contributed by atoms with E-state index in [1.165, 1.54) is 18.3 Å². The molecule has 1 saturated heterocycles. The summed E-state index contributed by atoms with van der Waals surface area (Å²) in [5, 5.41) is 2.97. The highest BCUT2D eigenvalue weighted by atomic mass is 19.3. The number of halogens is 2. The van der Waals surface area contributed by atoms with Gasteiger partial charge in [-0.1, -0.05) is 0 Å². The Morgan fingerprint density at radius 1 is 1.27 bits per heavy atom. The summed E-state index contributed by atoms with van der Waals surface area (Å²) >= 11 is 0. The van der Waals surface area contributed by atoms with Gasteiger partial charge in [0.25, 0.3) is 6.43 Å². The molecule has 1 aromatic heterocycles. The van der Waals surface area contributed by atoms with Gasteiger partial charge in [0, 0.05) is 49.6 Å². The van der Waals surface area contributed by atoms with Crippen molar-refractivity contribution in [1.29, 1.82) is 0 Å². The van der Waals surface area contributed by atoms with E-state index in [2.05, 4.69) is 15.2 Å². The van der Waals surface area contributed by atoms with E-state index in [1.807, 2.05) is 19.1 Å². The Hall–Kier alpha value is -2.94. The number of nitrogens with one attached hydrogen (secondary N) is 1. The van der Waals surface area contributed by atoms with Crippen LogP contribution >= 0.6 is 0 Å². The van der Waals surface area contributed by atoms with Gasteiger partial charge in [-0.3, -0.25) is 9.78 Å². The predicted octanol–water partition coefficient (Wildman–Crippen LogP) is 3.55. The van der Waals surface area contributed by atoms with Crippen LogP contribution in [0.3, 0.4) is 0 Å². The van der Waals surface area contributed by atoms with Gasteiger partial charge in [0.05, 0.1) is 13.3 Å². The van der Waals surface area contributed by atoms with Crippen LogP contribution in [0.15, 0.2) is 36.5 Å². The number of ether oxygens (including phenoxy) is 3. The number of amides is 1. The third-order valence-corrected chi connectivity index (χ3v) is 4.67. The average molecular weight is 421 g/mol. The number of nitrogens with zero attached hydrogens (tertiary/aromatic N) is 2. The van der Waals surface area contributed by atoms with Gasteiger partial charge >= 0.3 is 0 Å². The van der Waals surface area contributed by atoms with Gasteiger partial charge < -0.3 is 24.4 Å². The SMILES string of the molecule is CCOCC(=O)N[C@H]1CCN(c2cc(OC)cc(Oc3ccc(C(F)F)nc3)c2)C1. The van der Waals surface area contributed by atoms with Crippen molar-refractivity contribution < 1.29 is 27.8 Å². The van der Waals surface area contributed by atoms with Gasteiger partial charge in [-0.05, 0) is 25.5 Å². The van der Waals surface area contributed by atoms with Crippen molar-refractivity contribution in [3.8, 4) is 17.2 Å². The van der Waals surface area contributed by atoms with Crippen molar-refractivity contribution in [3.05, 3.63) is 42.2 Å². The molecule has 1 atom stereocenters. The topological polar surface area (TPSA) is 72.9 Å². The van der Waals surface area contributed by atoms with E-state index < -0.39 is 6.43 Å².